The summed E-state index contributed by atoms with van der Waals surface area (Å²) in [5.41, 5.74) is 0.702. The molecule has 0 aliphatic rings. The lowest BCUT2D eigenvalue weighted by molar-refractivity contribution is 0.412. The van der Waals surface area contributed by atoms with Crippen LogP contribution in [0, 0.1) is 0 Å². The second-order valence-electron chi connectivity index (χ2n) is 4.14. The van der Waals surface area contributed by atoms with Gasteiger partial charge in [0.25, 0.3) is 0 Å². The Balaban J connectivity index is 2.75. The molecule has 0 amide bonds. The standard InChI is InChI=1S/C11H20N4O2S/c1-4-13-10-7-11(9-12-8-10)18(16,17)14-5-6-15(2)3/h7-9,13-14H,4-6H2,1-3H3. The quantitative estimate of drug-likeness (QED) is 0.749. The van der Waals surface area contributed by atoms with E-state index in [1.165, 1.54) is 6.20 Å². The Morgan fingerprint density at radius 2 is 2.06 bits per heavy atom. The van der Waals surface area contributed by atoms with Crippen LogP contribution in [0.15, 0.2) is 23.4 Å². The Bertz CT molecular complexity index is 474. The molecule has 1 rings (SSSR count). The summed E-state index contributed by atoms with van der Waals surface area (Å²) in [5.74, 6) is 0. The first-order valence-corrected chi connectivity index (χ1v) is 7.27. The zero-order valence-corrected chi connectivity index (χ0v) is 11.8. The van der Waals surface area contributed by atoms with Gasteiger partial charge in [-0.1, -0.05) is 0 Å². The van der Waals surface area contributed by atoms with E-state index in [4.69, 9.17) is 0 Å². The number of hydrogen-bond acceptors (Lipinski definition) is 5. The molecule has 1 aromatic rings. The summed E-state index contributed by atoms with van der Waals surface area (Å²) in [6, 6.07) is 1.58. The minimum absolute atomic E-state index is 0.180. The Labute approximate surface area is 108 Å². The Kier molecular flexibility index (Phi) is 5.52. The van der Waals surface area contributed by atoms with Gasteiger partial charge in [0.15, 0.2) is 0 Å². The molecule has 0 atom stereocenters. The van der Waals surface area contributed by atoms with Gasteiger partial charge in [-0.3, -0.25) is 4.98 Å². The van der Waals surface area contributed by atoms with E-state index in [2.05, 4.69) is 15.0 Å². The molecule has 0 bridgehead atoms. The van der Waals surface area contributed by atoms with Gasteiger partial charge in [-0.15, -0.1) is 0 Å². The topological polar surface area (TPSA) is 74.3 Å². The SMILES string of the molecule is CCNc1cncc(S(=O)(=O)NCCN(C)C)c1. The van der Waals surface area contributed by atoms with Crippen molar-refractivity contribution in [2.45, 2.75) is 11.8 Å². The average molecular weight is 272 g/mol. The van der Waals surface area contributed by atoms with Crippen LogP contribution in [0.5, 0.6) is 0 Å². The molecule has 0 aliphatic heterocycles. The lowest BCUT2D eigenvalue weighted by atomic mass is 10.4. The van der Waals surface area contributed by atoms with E-state index < -0.39 is 10.0 Å². The summed E-state index contributed by atoms with van der Waals surface area (Å²) in [7, 11) is 0.305. The molecule has 0 saturated heterocycles. The molecule has 2 N–H and O–H groups in total. The number of likely N-dealkylation sites (N-methyl/N-ethyl adjacent to an activating group) is 1. The van der Waals surface area contributed by atoms with Crippen molar-refractivity contribution in [2.24, 2.45) is 0 Å². The van der Waals surface area contributed by atoms with E-state index >= 15 is 0 Å². The van der Waals surface area contributed by atoms with Crippen molar-refractivity contribution < 1.29 is 8.42 Å². The van der Waals surface area contributed by atoms with Crippen LogP contribution in [-0.2, 0) is 10.0 Å². The Hall–Kier alpha value is -1.18. The third-order valence-electron chi connectivity index (χ3n) is 2.26. The molecule has 0 fully saturated rings. The van der Waals surface area contributed by atoms with E-state index in [-0.39, 0.29) is 4.90 Å². The van der Waals surface area contributed by atoms with Gasteiger partial charge in [0, 0.05) is 25.8 Å². The smallest absolute Gasteiger partial charge is 0.242 e. The second kappa shape index (κ2) is 6.67. The third-order valence-corrected chi connectivity index (χ3v) is 3.68. The van der Waals surface area contributed by atoms with Crippen molar-refractivity contribution in [1.29, 1.82) is 0 Å². The highest BCUT2D eigenvalue weighted by molar-refractivity contribution is 7.89. The first-order chi connectivity index (χ1) is 8.45. The predicted molar refractivity (Wildman–Crippen MR) is 72.1 cm³/mol. The summed E-state index contributed by atoms with van der Waals surface area (Å²) in [6.45, 7) is 3.69. The number of anilines is 1. The highest BCUT2D eigenvalue weighted by Crippen LogP contribution is 2.12. The molecule has 6 nitrogen and oxygen atoms in total. The van der Waals surface area contributed by atoms with E-state index in [9.17, 15) is 8.42 Å². The van der Waals surface area contributed by atoms with Crippen LogP contribution in [-0.4, -0.2) is 52.0 Å². The van der Waals surface area contributed by atoms with E-state index in [0.29, 0.717) is 18.8 Å². The number of aromatic nitrogens is 1. The van der Waals surface area contributed by atoms with Crippen LogP contribution in [0.25, 0.3) is 0 Å². The van der Waals surface area contributed by atoms with Crippen molar-refractivity contribution in [1.82, 2.24) is 14.6 Å². The second-order valence-corrected chi connectivity index (χ2v) is 5.91. The molecule has 7 heteroatoms. The molecule has 0 spiro atoms. The molecule has 1 aromatic heterocycles. The van der Waals surface area contributed by atoms with Crippen LogP contribution in [0.3, 0.4) is 0 Å². The molecular weight excluding hydrogens is 252 g/mol. The maximum absolute atomic E-state index is 12.0. The minimum Gasteiger partial charge on any atom is -0.384 e. The molecule has 0 radical (unpaired) electrons. The molecule has 0 aromatic carbocycles. The van der Waals surface area contributed by atoms with Crippen LogP contribution < -0.4 is 10.0 Å². The lowest BCUT2D eigenvalue weighted by Gasteiger charge is -2.11. The predicted octanol–water partition coefficient (Wildman–Crippen LogP) is 0.353. The highest BCUT2D eigenvalue weighted by atomic mass is 32.2. The summed E-state index contributed by atoms with van der Waals surface area (Å²) in [5, 5.41) is 3.03. The number of hydrogen-bond donors (Lipinski definition) is 2. The normalized spacial score (nSPS) is 11.8. The summed E-state index contributed by atoms with van der Waals surface area (Å²) in [4.78, 5) is 6.01. The van der Waals surface area contributed by atoms with Crippen molar-refractivity contribution in [2.75, 3.05) is 39.0 Å². The molecule has 0 aliphatic carbocycles. The van der Waals surface area contributed by atoms with Crippen LogP contribution in [0.4, 0.5) is 5.69 Å². The molecule has 102 valence electrons. The Morgan fingerprint density at radius 3 is 2.67 bits per heavy atom. The third kappa shape index (κ3) is 4.59. The number of nitrogens with zero attached hydrogens (tertiary/aromatic N) is 2. The van der Waals surface area contributed by atoms with Crippen molar-refractivity contribution in [3.8, 4) is 0 Å². The van der Waals surface area contributed by atoms with Gasteiger partial charge in [-0.05, 0) is 27.1 Å². The average Bonchev–Trinajstić information content (AvgIpc) is 2.29. The van der Waals surface area contributed by atoms with Crippen molar-refractivity contribution in [3.63, 3.8) is 0 Å². The van der Waals surface area contributed by atoms with E-state index in [1.54, 1.807) is 12.3 Å². The van der Waals surface area contributed by atoms with Gasteiger partial charge in [-0.2, -0.15) is 0 Å². The zero-order valence-electron chi connectivity index (χ0n) is 11.0. The van der Waals surface area contributed by atoms with Gasteiger partial charge in [0.1, 0.15) is 4.90 Å². The number of rotatable bonds is 7. The Morgan fingerprint density at radius 1 is 1.33 bits per heavy atom. The summed E-state index contributed by atoms with van der Waals surface area (Å²) < 4.78 is 26.5. The van der Waals surface area contributed by atoms with Gasteiger partial charge in [0.05, 0.1) is 11.9 Å². The van der Waals surface area contributed by atoms with Gasteiger partial charge < -0.3 is 10.2 Å². The largest absolute Gasteiger partial charge is 0.384 e. The monoisotopic (exact) mass is 272 g/mol. The fourth-order valence-electron chi connectivity index (χ4n) is 1.35. The molecule has 0 unspecified atom stereocenters. The number of pyridine rings is 1. The molecule has 0 saturated carbocycles. The van der Waals surface area contributed by atoms with E-state index in [1.807, 2.05) is 25.9 Å². The highest BCUT2D eigenvalue weighted by Gasteiger charge is 2.14. The zero-order chi connectivity index (χ0) is 13.6. The molecular formula is C11H20N4O2S. The number of nitrogens with one attached hydrogen (secondary N) is 2. The fourth-order valence-corrected chi connectivity index (χ4v) is 2.36. The summed E-state index contributed by atoms with van der Waals surface area (Å²) >= 11 is 0. The van der Waals surface area contributed by atoms with Crippen LogP contribution in [0.2, 0.25) is 0 Å². The first-order valence-electron chi connectivity index (χ1n) is 5.79. The van der Waals surface area contributed by atoms with Crippen LogP contribution in [0.1, 0.15) is 6.92 Å². The van der Waals surface area contributed by atoms with Crippen molar-refractivity contribution in [3.05, 3.63) is 18.5 Å². The minimum atomic E-state index is -3.48. The fraction of sp³-hybridized carbons (Fsp3) is 0.545. The first kappa shape index (κ1) is 14.9. The van der Waals surface area contributed by atoms with Crippen molar-refractivity contribution >= 4 is 15.7 Å². The van der Waals surface area contributed by atoms with Gasteiger partial charge in [0.2, 0.25) is 10.0 Å². The van der Waals surface area contributed by atoms with E-state index in [0.717, 1.165) is 6.54 Å². The van der Waals surface area contributed by atoms with Gasteiger partial charge in [-0.25, -0.2) is 13.1 Å². The number of sulfonamides is 1. The maximum Gasteiger partial charge on any atom is 0.242 e. The maximum atomic E-state index is 12.0. The lowest BCUT2D eigenvalue weighted by Crippen LogP contribution is -2.31. The molecule has 18 heavy (non-hydrogen) atoms. The van der Waals surface area contributed by atoms with Gasteiger partial charge >= 0.3 is 0 Å². The van der Waals surface area contributed by atoms with Crippen LogP contribution >= 0.6 is 0 Å². The molecule has 1 heterocycles. The summed E-state index contributed by atoms with van der Waals surface area (Å²) in [6.07, 6.45) is 2.95.